The lowest BCUT2D eigenvalue weighted by Crippen LogP contribution is -2.37. The van der Waals surface area contributed by atoms with Gasteiger partial charge in [0.15, 0.2) is 6.10 Å². The first-order chi connectivity index (χ1) is 38.0. The number of carbonyl (C=O) groups excluding carboxylic acids is 2. The second-order valence-electron chi connectivity index (χ2n) is 19.5. The zero-order valence-electron chi connectivity index (χ0n) is 49.0. The van der Waals surface area contributed by atoms with Crippen molar-refractivity contribution in [2.75, 3.05) is 47.5 Å². The van der Waals surface area contributed by atoms with E-state index in [4.69, 9.17) is 18.5 Å². The summed E-state index contributed by atoms with van der Waals surface area (Å²) in [5.74, 6) is -0.963. The van der Waals surface area contributed by atoms with Gasteiger partial charge in [0.1, 0.15) is 19.8 Å². The zero-order chi connectivity index (χ0) is 57.0. The SMILES string of the molecule is CC/C=C\C/C=C\C/C=C\C/C=C\C/C=C\C/C=C\C/C=C\C/C=C\C/C=C\CCCCCC(=O)OC(COC(=O)CCC/C=C\C/C=C\C/C=C\C/C=C\C/C=C\C/C=C\C/C=C\CC)COP(=O)([O-])OCC[N+](C)(C)C. The molecule has 0 aliphatic rings. The fourth-order valence-corrected chi connectivity index (χ4v) is 7.42. The molecule has 0 aromatic heterocycles. The van der Waals surface area contributed by atoms with E-state index in [0.29, 0.717) is 30.3 Å². The number of hydrogen-bond acceptors (Lipinski definition) is 8. The van der Waals surface area contributed by atoms with Crippen molar-refractivity contribution in [3.63, 3.8) is 0 Å². The molecule has 434 valence electrons. The summed E-state index contributed by atoms with van der Waals surface area (Å²) in [5, 5.41) is 0. The number of phosphoric ester groups is 1. The van der Waals surface area contributed by atoms with Crippen LogP contribution in [0, 0.1) is 0 Å². The molecule has 0 rings (SSSR count). The highest BCUT2D eigenvalue weighted by Crippen LogP contribution is 2.38. The summed E-state index contributed by atoms with van der Waals surface area (Å²) in [6.07, 6.45) is 89.1. The van der Waals surface area contributed by atoms with Crippen molar-refractivity contribution in [1.82, 2.24) is 0 Å². The highest BCUT2D eigenvalue weighted by Gasteiger charge is 2.21. The lowest BCUT2D eigenvalue weighted by atomic mass is 10.1. The van der Waals surface area contributed by atoms with Gasteiger partial charge in [-0.2, -0.15) is 0 Å². The third-order valence-corrected chi connectivity index (χ3v) is 12.1. The fraction of sp³-hybridized carbons (Fsp3) is 0.500. The van der Waals surface area contributed by atoms with Gasteiger partial charge in [-0.25, -0.2) is 0 Å². The van der Waals surface area contributed by atoms with Crippen molar-refractivity contribution in [1.29, 1.82) is 0 Å². The Morgan fingerprint density at radius 3 is 1.04 bits per heavy atom. The third-order valence-electron chi connectivity index (χ3n) is 11.1. The number of esters is 2. The van der Waals surface area contributed by atoms with E-state index >= 15 is 0 Å². The molecule has 2 unspecified atom stereocenters. The summed E-state index contributed by atoms with van der Waals surface area (Å²) in [5.41, 5.74) is 0. The van der Waals surface area contributed by atoms with E-state index in [1.807, 2.05) is 27.2 Å². The lowest BCUT2D eigenvalue weighted by molar-refractivity contribution is -0.870. The Bertz CT molecular complexity index is 2010. The highest BCUT2D eigenvalue weighted by molar-refractivity contribution is 7.45. The molecule has 10 heteroatoms. The second-order valence-corrected chi connectivity index (χ2v) is 20.9. The molecule has 0 heterocycles. The molecule has 0 N–H and O–H groups in total. The molecule has 0 amide bonds. The van der Waals surface area contributed by atoms with Crippen LogP contribution in [0.2, 0.25) is 0 Å². The predicted octanol–water partition coefficient (Wildman–Crippen LogP) is 18.0. The molecule has 78 heavy (non-hydrogen) atoms. The summed E-state index contributed by atoms with van der Waals surface area (Å²) in [6.45, 7) is 3.86. The Kier molecular flexibility index (Phi) is 52.8. The Labute approximate surface area is 475 Å². The van der Waals surface area contributed by atoms with E-state index in [0.717, 1.165) is 122 Å². The number of ether oxygens (including phenoxy) is 2. The Morgan fingerprint density at radius 2 is 0.705 bits per heavy atom. The molecule has 0 bridgehead atoms. The number of allylic oxidation sites excluding steroid dienone is 32. The molecule has 0 aliphatic carbocycles. The number of nitrogens with zero attached hydrogens (tertiary/aromatic N) is 1. The monoisotopic (exact) mass is 1090 g/mol. The summed E-state index contributed by atoms with van der Waals surface area (Å²) in [4.78, 5) is 37.9. The highest BCUT2D eigenvalue weighted by atomic mass is 31.2. The van der Waals surface area contributed by atoms with Crippen molar-refractivity contribution < 1.29 is 42.1 Å². The van der Waals surface area contributed by atoms with Gasteiger partial charge in [0, 0.05) is 12.8 Å². The van der Waals surface area contributed by atoms with Crippen molar-refractivity contribution in [3.8, 4) is 0 Å². The van der Waals surface area contributed by atoms with Gasteiger partial charge in [-0.05, 0) is 135 Å². The van der Waals surface area contributed by atoms with Crippen LogP contribution in [0.3, 0.4) is 0 Å². The van der Waals surface area contributed by atoms with Crippen LogP contribution in [0.5, 0.6) is 0 Å². The van der Waals surface area contributed by atoms with Crippen molar-refractivity contribution in [2.45, 2.75) is 174 Å². The van der Waals surface area contributed by atoms with Gasteiger partial charge < -0.3 is 27.9 Å². The van der Waals surface area contributed by atoms with Crippen LogP contribution in [0.15, 0.2) is 194 Å². The number of hydrogen-bond donors (Lipinski definition) is 0. The minimum Gasteiger partial charge on any atom is -0.756 e. The van der Waals surface area contributed by atoms with E-state index in [1.54, 1.807) is 0 Å². The smallest absolute Gasteiger partial charge is 0.306 e. The van der Waals surface area contributed by atoms with Crippen molar-refractivity contribution >= 4 is 19.8 Å². The van der Waals surface area contributed by atoms with Gasteiger partial charge in [0.25, 0.3) is 7.82 Å². The molecule has 2 atom stereocenters. The molecule has 0 aromatic rings. The maximum absolute atomic E-state index is 12.8. The molecule has 0 radical (unpaired) electrons. The van der Waals surface area contributed by atoms with Gasteiger partial charge in [-0.15, -0.1) is 0 Å². The van der Waals surface area contributed by atoms with Gasteiger partial charge in [0.2, 0.25) is 0 Å². The molecule has 0 fully saturated rings. The molecular weight excluding hydrogens is 990 g/mol. The number of phosphoric acid groups is 1. The molecule has 0 spiro atoms. The molecular formula is C68H104NO8P. The first-order valence-electron chi connectivity index (χ1n) is 29.1. The van der Waals surface area contributed by atoms with Gasteiger partial charge in [-0.3, -0.25) is 14.2 Å². The minimum atomic E-state index is -4.68. The quantitative estimate of drug-likeness (QED) is 0.0195. The van der Waals surface area contributed by atoms with Gasteiger partial charge >= 0.3 is 11.9 Å². The topological polar surface area (TPSA) is 111 Å². The summed E-state index contributed by atoms with van der Waals surface area (Å²) < 4.78 is 34.0. The lowest BCUT2D eigenvalue weighted by Gasteiger charge is -2.28. The van der Waals surface area contributed by atoms with Crippen LogP contribution >= 0.6 is 7.82 Å². The van der Waals surface area contributed by atoms with Gasteiger partial charge in [-0.1, -0.05) is 215 Å². The largest absolute Gasteiger partial charge is 0.756 e. The number of likely N-dealkylation sites (N-methyl/N-ethyl adjacent to an activating group) is 1. The Morgan fingerprint density at radius 1 is 0.397 bits per heavy atom. The third kappa shape index (κ3) is 60.1. The molecule has 9 nitrogen and oxygen atoms in total. The van der Waals surface area contributed by atoms with E-state index < -0.39 is 32.5 Å². The van der Waals surface area contributed by atoms with Crippen molar-refractivity contribution in [3.05, 3.63) is 194 Å². The zero-order valence-corrected chi connectivity index (χ0v) is 49.9. The summed E-state index contributed by atoms with van der Waals surface area (Å²) in [7, 11) is 1.07. The van der Waals surface area contributed by atoms with Crippen LogP contribution in [-0.2, 0) is 32.7 Å². The van der Waals surface area contributed by atoms with Crippen LogP contribution < -0.4 is 4.89 Å². The average molecular weight is 1090 g/mol. The predicted molar refractivity (Wildman–Crippen MR) is 332 cm³/mol. The maximum Gasteiger partial charge on any atom is 0.306 e. The second kappa shape index (κ2) is 56.6. The molecule has 0 aliphatic heterocycles. The number of rotatable bonds is 50. The van der Waals surface area contributed by atoms with Crippen LogP contribution in [-0.4, -0.2) is 70.0 Å². The molecule has 0 saturated carbocycles. The Balaban J connectivity index is 4.41. The normalized spacial score (nSPS) is 14.7. The number of quaternary nitrogens is 1. The first-order valence-corrected chi connectivity index (χ1v) is 30.6. The van der Waals surface area contributed by atoms with E-state index in [9.17, 15) is 19.0 Å². The van der Waals surface area contributed by atoms with E-state index in [2.05, 4.69) is 202 Å². The Hall–Kier alpha value is -5.15. The standard InChI is InChI=1S/C68H104NO8P/c1-6-8-10-12-14-16-18-20-22-24-26-28-30-31-32-33-34-35-36-37-39-41-43-45-47-49-51-53-55-57-59-61-68(71)77-66(65-76-78(72,73)75-63-62-69(3,4)5)64-74-67(70)60-58-56-54-52-50-48-46-44-42-40-38-29-27-25-23-21-19-17-15-13-11-9-7-2/h8-11,14-17,20-23,26-29,31-32,34-35,37,39-40,42-43,45-46,48-49,51-52,54,66H,6-7,12-13,18-19,24-25,30,33,36,38,41,44,47,50,53,55-65H2,1-5H3/b10-8-,11-9-,16-14-,17-15-,22-20-,23-21-,28-26-,29-27-,32-31-,35-34-,39-37-,42-40-,45-43-,48-46-,51-49-,54-52-. The van der Waals surface area contributed by atoms with Crippen LogP contribution in [0.25, 0.3) is 0 Å². The average Bonchev–Trinajstić information content (AvgIpc) is 3.40. The van der Waals surface area contributed by atoms with Crippen LogP contribution in [0.4, 0.5) is 0 Å². The van der Waals surface area contributed by atoms with E-state index in [1.165, 1.54) is 0 Å². The molecule has 0 saturated heterocycles. The van der Waals surface area contributed by atoms with Crippen molar-refractivity contribution in [2.24, 2.45) is 0 Å². The number of unbranched alkanes of at least 4 members (excludes halogenated alkanes) is 4. The fourth-order valence-electron chi connectivity index (χ4n) is 6.69. The van der Waals surface area contributed by atoms with E-state index in [-0.39, 0.29) is 26.1 Å². The maximum atomic E-state index is 12.8. The summed E-state index contributed by atoms with van der Waals surface area (Å²) >= 11 is 0. The van der Waals surface area contributed by atoms with Crippen LogP contribution in [0.1, 0.15) is 168 Å². The number of carbonyl (C=O) groups is 2. The molecule has 0 aromatic carbocycles. The van der Waals surface area contributed by atoms with Gasteiger partial charge in [0.05, 0.1) is 27.7 Å². The summed E-state index contributed by atoms with van der Waals surface area (Å²) in [6, 6.07) is 0. The minimum absolute atomic E-state index is 0.0596. The first kappa shape index (κ1) is 72.8.